The molecule has 5 N–H and O–H groups in total. The minimum Gasteiger partial charge on any atom is -0.385 e. The first-order valence-electron chi connectivity index (χ1n) is 8.21. The number of fused-ring (bicyclic) bond motifs is 1. The van der Waals surface area contributed by atoms with Gasteiger partial charge in [-0.15, -0.1) is 24.8 Å². The fourth-order valence-electron chi connectivity index (χ4n) is 3.41. The normalized spacial score (nSPS) is 21.2. The highest BCUT2D eigenvalue weighted by Crippen LogP contribution is 2.34. The molecule has 0 saturated heterocycles. The molecular formula is C19H19Cl3N6. The maximum absolute atomic E-state index is 8.20. The average molecular weight is 438 g/mol. The van der Waals surface area contributed by atoms with Crippen LogP contribution in [0.1, 0.15) is 23.1 Å². The smallest absolute Gasteiger partial charge is 0.219 e. The van der Waals surface area contributed by atoms with Gasteiger partial charge in [-0.3, -0.25) is 5.41 Å². The van der Waals surface area contributed by atoms with Crippen molar-refractivity contribution in [1.82, 2.24) is 0 Å². The van der Waals surface area contributed by atoms with E-state index in [0.29, 0.717) is 16.4 Å². The van der Waals surface area contributed by atoms with Gasteiger partial charge in [0.15, 0.2) is 5.84 Å². The van der Waals surface area contributed by atoms with E-state index in [1.54, 1.807) is 24.3 Å². The highest BCUT2D eigenvalue weighted by Gasteiger charge is 2.45. The van der Waals surface area contributed by atoms with Crippen molar-refractivity contribution >= 4 is 59.8 Å². The summed E-state index contributed by atoms with van der Waals surface area (Å²) in [4.78, 5) is 13.5. The SMILES string of the molecule is Cl.Cl.N=C(N)C1(c2ccc(Cl)cc2)N=C(N)N=C1N=C1CCc2ccccc21. The third-order valence-electron chi connectivity index (χ3n) is 4.68. The minimum atomic E-state index is -1.32. The molecule has 0 fully saturated rings. The van der Waals surface area contributed by atoms with E-state index in [2.05, 4.69) is 16.1 Å². The molecule has 146 valence electrons. The molecule has 0 saturated carbocycles. The van der Waals surface area contributed by atoms with Crippen LogP contribution in [0, 0.1) is 5.41 Å². The molecule has 1 aliphatic carbocycles. The maximum atomic E-state index is 8.20. The second-order valence-electron chi connectivity index (χ2n) is 6.25. The summed E-state index contributed by atoms with van der Waals surface area (Å²) in [5.41, 5.74) is 14.4. The van der Waals surface area contributed by atoms with Gasteiger partial charge in [-0.25, -0.2) is 9.98 Å². The van der Waals surface area contributed by atoms with Crippen molar-refractivity contribution in [1.29, 1.82) is 5.41 Å². The molecule has 2 aromatic rings. The molecule has 1 aliphatic heterocycles. The molecule has 0 bridgehead atoms. The summed E-state index contributed by atoms with van der Waals surface area (Å²) in [6.07, 6.45) is 1.72. The largest absolute Gasteiger partial charge is 0.385 e. The van der Waals surface area contributed by atoms with Crippen molar-refractivity contribution < 1.29 is 0 Å². The summed E-state index contributed by atoms with van der Waals surface area (Å²) in [5, 5.41) is 8.78. The van der Waals surface area contributed by atoms with Crippen molar-refractivity contribution in [2.24, 2.45) is 26.4 Å². The lowest BCUT2D eigenvalue weighted by Crippen LogP contribution is -2.44. The fraction of sp³-hybridized carbons (Fsp3) is 0.158. The Balaban J connectivity index is 0.00000140. The van der Waals surface area contributed by atoms with Gasteiger partial charge in [0.1, 0.15) is 5.84 Å². The Morgan fingerprint density at radius 2 is 1.75 bits per heavy atom. The van der Waals surface area contributed by atoms with Crippen LogP contribution < -0.4 is 11.5 Å². The molecule has 0 radical (unpaired) electrons. The molecule has 0 aromatic heterocycles. The van der Waals surface area contributed by atoms with Gasteiger partial charge in [-0.05, 0) is 41.7 Å². The number of amidine groups is 2. The van der Waals surface area contributed by atoms with Crippen LogP contribution in [0.15, 0.2) is 63.5 Å². The minimum absolute atomic E-state index is 0. The van der Waals surface area contributed by atoms with E-state index >= 15 is 0 Å². The van der Waals surface area contributed by atoms with E-state index in [9.17, 15) is 0 Å². The lowest BCUT2D eigenvalue weighted by atomic mass is 9.88. The fourth-order valence-corrected chi connectivity index (χ4v) is 3.54. The standard InChI is InChI=1S/C19H17ClN6.2ClH/c20-13-8-6-12(7-9-13)19(16(21)22)17(25-18(23)26-19)24-15-10-5-11-3-1-2-4-14(11)15;;/h1-4,6-9H,5,10H2,(H3,21,22)(H2,23,26);2*1H. The first kappa shape index (κ1) is 21.9. The molecule has 2 aliphatic rings. The highest BCUT2D eigenvalue weighted by atomic mass is 35.5. The summed E-state index contributed by atoms with van der Waals surface area (Å²) in [6, 6.07) is 15.1. The predicted octanol–water partition coefficient (Wildman–Crippen LogP) is 3.48. The van der Waals surface area contributed by atoms with Gasteiger partial charge >= 0.3 is 0 Å². The van der Waals surface area contributed by atoms with Crippen LogP contribution in [0.4, 0.5) is 0 Å². The quantitative estimate of drug-likeness (QED) is 0.493. The second kappa shape index (κ2) is 8.31. The van der Waals surface area contributed by atoms with Gasteiger partial charge in [-0.2, -0.15) is 4.99 Å². The zero-order valence-corrected chi connectivity index (χ0v) is 17.1. The van der Waals surface area contributed by atoms with Crippen LogP contribution >= 0.6 is 36.4 Å². The number of aryl methyl sites for hydroxylation is 1. The maximum Gasteiger partial charge on any atom is 0.219 e. The Morgan fingerprint density at radius 1 is 1.07 bits per heavy atom. The summed E-state index contributed by atoms with van der Waals surface area (Å²) in [7, 11) is 0. The second-order valence-corrected chi connectivity index (χ2v) is 6.69. The van der Waals surface area contributed by atoms with Gasteiger partial charge < -0.3 is 11.5 Å². The summed E-state index contributed by atoms with van der Waals surface area (Å²) < 4.78 is 0. The van der Waals surface area contributed by atoms with E-state index < -0.39 is 5.54 Å². The van der Waals surface area contributed by atoms with Crippen LogP contribution in [0.5, 0.6) is 0 Å². The zero-order valence-electron chi connectivity index (χ0n) is 14.7. The van der Waals surface area contributed by atoms with Crippen molar-refractivity contribution in [3.8, 4) is 0 Å². The topological polar surface area (TPSA) is 113 Å². The van der Waals surface area contributed by atoms with Gasteiger partial charge in [0.25, 0.3) is 0 Å². The molecule has 9 heteroatoms. The third kappa shape index (κ3) is 3.51. The van der Waals surface area contributed by atoms with E-state index in [1.165, 1.54) is 5.56 Å². The lowest BCUT2D eigenvalue weighted by Gasteiger charge is -2.25. The summed E-state index contributed by atoms with van der Waals surface area (Å²) in [5.74, 6) is 0.187. The monoisotopic (exact) mass is 436 g/mol. The number of hydrogen-bond acceptors (Lipinski definition) is 5. The van der Waals surface area contributed by atoms with Crippen molar-refractivity contribution in [2.75, 3.05) is 0 Å². The molecule has 0 spiro atoms. The van der Waals surface area contributed by atoms with E-state index in [0.717, 1.165) is 24.1 Å². The summed E-state index contributed by atoms with van der Waals surface area (Å²) >= 11 is 6.00. The number of nitrogens with two attached hydrogens (primary N) is 2. The van der Waals surface area contributed by atoms with E-state index in [4.69, 9.17) is 33.5 Å². The Kier molecular flexibility index (Phi) is 6.49. The van der Waals surface area contributed by atoms with Crippen molar-refractivity contribution in [3.63, 3.8) is 0 Å². The molecular weight excluding hydrogens is 419 g/mol. The predicted molar refractivity (Wildman–Crippen MR) is 120 cm³/mol. The molecule has 4 rings (SSSR count). The van der Waals surface area contributed by atoms with Gasteiger partial charge in [0.2, 0.25) is 11.5 Å². The molecule has 1 heterocycles. The number of guanidine groups is 1. The Labute approximate surface area is 180 Å². The number of nitrogens with one attached hydrogen (secondary N) is 1. The van der Waals surface area contributed by atoms with E-state index in [-0.39, 0.29) is 36.6 Å². The van der Waals surface area contributed by atoms with E-state index in [1.807, 2.05) is 18.2 Å². The van der Waals surface area contributed by atoms with Crippen LogP contribution in [0.2, 0.25) is 5.02 Å². The Hall–Kier alpha value is -2.41. The Bertz CT molecular complexity index is 997. The van der Waals surface area contributed by atoms with Gasteiger partial charge in [-0.1, -0.05) is 48.0 Å². The number of nitrogens with zero attached hydrogens (tertiary/aromatic N) is 3. The molecule has 1 unspecified atom stereocenters. The molecule has 6 nitrogen and oxygen atoms in total. The first-order valence-corrected chi connectivity index (χ1v) is 8.59. The third-order valence-corrected chi connectivity index (χ3v) is 4.93. The first-order chi connectivity index (χ1) is 12.5. The number of rotatable bonds is 2. The number of hydrogen-bond donors (Lipinski definition) is 3. The van der Waals surface area contributed by atoms with Gasteiger partial charge in [0, 0.05) is 5.02 Å². The highest BCUT2D eigenvalue weighted by molar-refractivity contribution is 6.30. The van der Waals surface area contributed by atoms with Gasteiger partial charge in [0.05, 0.1) is 5.71 Å². The number of aliphatic imine (C=N–C) groups is 3. The van der Waals surface area contributed by atoms with Crippen molar-refractivity contribution in [2.45, 2.75) is 18.4 Å². The molecule has 28 heavy (non-hydrogen) atoms. The number of halogens is 3. The van der Waals surface area contributed by atoms with Crippen LogP contribution in [-0.4, -0.2) is 23.3 Å². The van der Waals surface area contributed by atoms with Crippen molar-refractivity contribution in [3.05, 3.63) is 70.2 Å². The number of benzene rings is 2. The van der Waals surface area contributed by atoms with Crippen LogP contribution in [0.25, 0.3) is 0 Å². The lowest BCUT2D eigenvalue weighted by molar-refractivity contribution is 0.805. The summed E-state index contributed by atoms with van der Waals surface area (Å²) in [6.45, 7) is 0. The average Bonchev–Trinajstić information content (AvgIpc) is 3.18. The Morgan fingerprint density at radius 3 is 2.43 bits per heavy atom. The van der Waals surface area contributed by atoms with Crippen LogP contribution in [-0.2, 0) is 12.0 Å². The molecule has 0 amide bonds. The molecule has 1 atom stereocenters. The van der Waals surface area contributed by atoms with Crippen LogP contribution in [0.3, 0.4) is 0 Å². The molecule has 2 aromatic carbocycles. The zero-order chi connectivity index (χ0) is 18.3.